The summed E-state index contributed by atoms with van der Waals surface area (Å²) in [6, 6.07) is 40.3. The Morgan fingerprint density at radius 2 is 1.27 bits per heavy atom. The lowest BCUT2D eigenvalue weighted by Gasteiger charge is -2.18. The average molecular weight is 874 g/mol. The average Bonchev–Trinajstić information content (AvgIpc) is 4.02. The van der Waals surface area contributed by atoms with Gasteiger partial charge in [0, 0.05) is 73.4 Å². The van der Waals surface area contributed by atoms with Crippen LogP contribution >= 0.6 is 23.2 Å². The number of hydrogen-bond acceptors (Lipinski definition) is 6. The van der Waals surface area contributed by atoms with Crippen molar-refractivity contribution in [3.63, 3.8) is 0 Å². The van der Waals surface area contributed by atoms with Crippen molar-refractivity contribution in [2.45, 2.75) is 50.4 Å². The van der Waals surface area contributed by atoms with Crippen LogP contribution in [0, 0.1) is 0 Å². The Hall–Kier alpha value is -7.00. The molecule has 6 aromatic heterocycles. The van der Waals surface area contributed by atoms with Gasteiger partial charge in [0.2, 0.25) is 5.56 Å². The van der Waals surface area contributed by atoms with Gasteiger partial charge in [-0.1, -0.05) is 90.6 Å². The van der Waals surface area contributed by atoms with Gasteiger partial charge in [0.05, 0.1) is 32.5 Å². The smallest absolute Gasteiger partial charge is 0.253 e. The van der Waals surface area contributed by atoms with Crippen LogP contribution in [0.25, 0.3) is 99.8 Å². The van der Waals surface area contributed by atoms with Gasteiger partial charge >= 0.3 is 0 Å². The minimum Gasteiger partial charge on any atom is -0.307 e. The highest BCUT2D eigenvalue weighted by atomic mass is 35.5. The molecule has 0 saturated heterocycles. The third kappa shape index (κ3) is 6.76. The van der Waals surface area contributed by atoms with Crippen molar-refractivity contribution in [3.05, 3.63) is 176 Å². The van der Waals surface area contributed by atoms with E-state index in [1.165, 1.54) is 5.56 Å². The third-order valence-corrected chi connectivity index (χ3v) is 13.6. The second kappa shape index (κ2) is 15.4. The predicted molar refractivity (Wildman–Crippen MR) is 259 cm³/mol. The minimum atomic E-state index is -0.184. The van der Waals surface area contributed by atoms with Crippen LogP contribution in [0.5, 0.6) is 0 Å². The maximum atomic E-state index is 13.6. The monoisotopic (exact) mass is 872 g/mol. The van der Waals surface area contributed by atoms with Crippen molar-refractivity contribution < 1.29 is 0 Å². The van der Waals surface area contributed by atoms with E-state index in [1.54, 1.807) is 12.3 Å². The molecule has 4 aromatic carbocycles. The Bertz CT molecular complexity index is 3670. The molecule has 10 aromatic rings. The van der Waals surface area contributed by atoms with E-state index in [4.69, 9.17) is 38.2 Å². The summed E-state index contributed by atoms with van der Waals surface area (Å²) < 4.78 is 0. The standard InChI is InChI=1S/C54H38Cl2N6O2/c55-43-26-35(21-34-14-7-19-57-49(34)43)41-24-38-25-42(29-8-4-5-9-29)54(64)62-52(38)60-48(41)33-13-6-12-32(20-33)39-23-37-22-36(27-44(56)50(37)58-28-39)47-46(30-15-16-30)40-17-18-45(63)59-53(40)61-51(47)31-10-2-1-3-11-31/h1-3,6-7,10-14,17-30H,4-5,8-9,15-16H2,(H,59,61,63)(H,60,62,64). The van der Waals surface area contributed by atoms with Crippen molar-refractivity contribution >= 4 is 67.1 Å². The lowest BCUT2D eigenvalue weighted by molar-refractivity contribution is 0.713. The maximum Gasteiger partial charge on any atom is 0.253 e. The molecule has 10 heteroatoms. The first kappa shape index (κ1) is 38.7. The van der Waals surface area contributed by atoms with E-state index in [2.05, 4.69) is 63.5 Å². The highest BCUT2D eigenvalue weighted by molar-refractivity contribution is 6.36. The third-order valence-electron chi connectivity index (χ3n) is 13.1. The van der Waals surface area contributed by atoms with Crippen molar-refractivity contribution in [1.29, 1.82) is 0 Å². The first-order chi connectivity index (χ1) is 31.3. The molecule has 0 bridgehead atoms. The summed E-state index contributed by atoms with van der Waals surface area (Å²) in [5.41, 5.74) is 13.2. The number of fused-ring (bicyclic) bond motifs is 4. The zero-order chi connectivity index (χ0) is 43.1. The molecule has 0 spiro atoms. The van der Waals surface area contributed by atoms with Gasteiger partial charge < -0.3 is 9.97 Å². The number of rotatable bonds is 7. The second-order valence-electron chi connectivity index (χ2n) is 17.2. The van der Waals surface area contributed by atoms with E-state index in [0.29, 0.717) is 38.5 Å². The summed E-state index contributed by atoms with van der Waals surface area (Å²) in [5.74, 6) is 0.580. The summed E-state index contributed by atoms with van der Waals surface area (Å²) in [4.78, 5) is 52.0. The number of halogens is 2. The summed E-state index contributed by atoms with van der Waals surface area (Å²) >= 11 is 14.1. The van der Waals surface area contributed by atoms with Gasteiger partial charge in [-0.3, -0.25) is 19.6 Å². The number of hydrogen-bond donors (Lipinski definition) is 2. The lowest BCUT2D eigenvalue weighted by atomic mass is 9.89. The molecule has 64 heavy (non-hydrogen) atoms. The normalized spacial score (nSPS) is 14.3. The molecule has 310 valence electrons. The quantitative estimate of drug-likeness (QED) is 0.165. The van der Waals surface area contributed by atoms with Crippen LogP contribution < -0.4 is 11.1 Å². The second-order valence-corrected chi connectivity index (χ2v) is 18.0. The molecular weight excluding hydrogens is 836 g/mol. The van der Waals surface area contributed by atoms with Crippen LogP contribution in [0.1, 0.15) is 61.5 Å². The summed E-state index contributed by atoms with van der Waals surface area (Å²) in [6.45, 7) is 0. The van der Waals surface area contributed by atoms with Crippen LogP contribution in [0.4, 0.5) is 0 Å². The van der Waals surface area contributed by atoms with Crippen LogP contribution in [-0.4, -0.2) is 29.9 Å². The molecule has 6 heterocycles. The van der Waals surface area contributed by atoms with Crippen LogP contribution in [0.3, 0.4) is 0 Å². The summed E-state index contributed by atoms with van der Waals surface area (Å²) in [7, 11) is 0. The number of H-pyrrole nitrogens is 2. The van der Waals surface area contributed by atoms with E-state index >= 15 is 0 Å². The van der Waals surface area contributed by atoms with Crippen molar-refractivity contribution in [1.82, 2.24) is 29.9 Å². The largest absolute Gasteiger partial charge is 0.307 e. The fourth-order valence-electron chi connectivity index (χ4n) is 9.88. The van der Waals surface area contributed by atoms with E-state index in [1.807, 2.05) is 72.9 Å². The van der Waals surface area contributed by atoms with Gasteiger partial charge in [-0.2, -0.15) is 0 Å². The fraction of sp³-hybridized carbons (Fsp3) is 0.148. The highest BCUT2D eigenvalue weighted by Gasteiger charge is 2.32. The first-order valence-electron chi connectivity index (χ1n) is 21.8. The Balaban J connectivity index is 1.02. The molecule has 0 unspecified atom stereocenters. The van der Waals surface area contributed by atoms with Gasteiger partial charge in [-0.15, -0.1) is 0 Å². The Labute approximate surface area is 377 Å². The van der Waals surface area contributed by atoms with E-state index in [9.17, 15) is 9.59 Å². The molecule has 2 fully saturated rings. The van der Waals surface area contributed by atoms with Crippen molar-refractivity contribution in [2.75, 3.05) is 0 Å². The first-order valence-corrected chi connectivity index (χ1v) is 22.5. The Morgan fingerprint density at radius 1 is 0.531 bits per heavy atom. The minimum absolute atomic E-state index is 0.0750. The fourth-order valence-corrected chi connectivity index (χ4v) is 10.4. The number of aromatic amines is 2. The molecule has 0 atom stereocenters. The molecule has 0 aliphatic heterocycles. The highest BCUT2D eigenvalue weighted by Crippen LogP contribution is 2.50. The van der Waals surface area contributed by atoms with Crippen LogP contribution in [0.2, 0.25) is 10.0 Å². The zero-order valence-electron chi connectivity index (χ0n) is 34.5. The molecular formula is C54H38Cl2N6O2. The maximum absolute atomic E-state index is 13.6. The molecule has 2 N–H and O–H groups in total. The van der Waals surface area contributed by atoms with Gasteiger partial charge in [0.1, 0.15) is 11.3 Å². The van der Waals surface area contributed by atoms with Gasteiger partial charge in [-0.05, 0) is 120 Å². The summed E-state index contributed by atoms with van der Waals surface area (Å²) in [6.07, 6.45) is 10.0. The number of benzene rings is 4. The van der Waals surface area contributed by atoms with E-state index in [-0.39, 0.29) is 17.0 Å². The number of nitrogens with one attached hydrogen (secondary N) is 2. The van der Waals surface area contributed by atoms with Crippen LogP contribution in [0.15, 0.2) is 143 Å². The van der Waals surface area contributed by atoms with Crippen molar-refractivity contribution in [2.24, 2.45) is 0 Å². The van der Waals surface area contributed by atoms with E-state index in [0.717, 1.165) is 121 Å². The Kier molecular flexibility index (Phi) is 9.28. The lowest BCUT2D eigenvalue weighted by Crippen LogP contribution is -2.15. The number of nitrogens with zero attached hydrogens (tertiary/aromatic N) is 4. The molecule has 0 amide bonds. The molecule has 2 aliphatic rings. The van der Waals surface area contributed by atoms with E-state index < -0.39 is 0 Å². The molecule has 0 radical (unpaired) electrons. The molecule has 2 saturated carbocycles. The Morgan fingerprint density at radius 3 is 2.09 bits per heavy atom. The van der Waals surface area contributed by atoms with Crippen LogP contribution in [-0.2, 0) is 0 Å². The topological polar surface area (TPSA) is 117 Å². The number of pyridine rings is 6. The zero-order valence-corrected chi connectivity index (χ0v) is 36.0. The summed E-state index contributed by atoms with van der Waals surface area (Å²) in [5, 5.41) is 4.71. The van der Waals surface area contributed by atoms with Gasteiger partial charge in [0.15, 0.2) is 0 Å². The number of aromatic nitrogens is 6. The molecule has 12 rings (SSSR count). The van der Waals surface area contributed by atoms with Gasteiger partial charge in [-0.25, -0.2) is 9.97 Å². The molecule has 8 nitrogen and oxygen atoms in total. The van der Waals surface area contributed by atoms with Gasteiger partial charge in [0.25, 0.3) is 5.56 Å². The van der Waals surface area contributed by atoms with Crippen molar-refractivity contribution in [3.8, 4) is 55.9 Å². The molecule has 2 aliphatic carbocycles. The predicted octanol–water partition coefficient (Wildman–Crippen LogP) is 13.4. The SMILES string of the molecule is O=c1ccc2c(C3CC3)c(-c3cc(Cl)c4ncc(-c5cccc(-c6nc7[nH]c(=O)c(C8CCCC8)cc7cc6-c6cc(Cl)c7ncccc7c6)c5)cc4c3)c(-c3ccccc3)nc2[nH]1.